The summed E-state index contributed by atoms with van der Waals surface area (Å²) >= 11 is 0. The molecule has 0 saturated carbocycles. The van der Waals surface area contributed by atoms with Crippen molar-refractivity contribution >= 4 is 22.4 Å². The SMILES string of the molecule is O=C(c1ccccc1)c1c[nH]c2c([N+](=O)[O-])cccc12. The Bertz CT molecular complexity index is 806. The summed E-state index contributed by atoms with van der Waals surface area (Å²) in [4.78, 5) is 25.7. The Kier molecular flexibility index (Phi) is 2.80. The summed E-state index contributed by atoms with van der Waals surface area (Å²) in [5, 5.41) is 11.5. The number of aromatic nitrogens is 1. The third kappa shape index (κ3) is 1.85. The van der Waals surface area contributed by atoms with Crippen molar-refractivity contribution in [3.8, 4) is 0 Å². The number of para-hydroxylation sites is 1. The summed E-state index contributed by atoms with van der Waals surface area (Å²) in [6.45, 7) is 0. The molecule has 1 N–H and O–H groups in total. The molecule has 0 bridgehead atoms. The Labute approximate surface area is 114 Å². The summed E-state index contributed by atoms with van der Waals surface area (Å²) in [5.41, 5.74) is 1.33. The van der Waals surface area contributed by atoms with Crippen molar-refractivity contribution in [3.63, 3.8) is 0 Å². The number of aromatic amines is 1. The van der Waals surface area contributed by atoms with Gasteiger partial charge >= 0.3 is 0 Å². The van der Waals surface area contributed by atoms with E-state index in [-0.39, 0.29) is 11.5 Å². The minimum atomic E-state index is -0.463. The smallest absolute Gasteiger partial charge is 0.293 e. The van der Waals surface area contributed by atoms with Crippen molar-refractivity contribution in [3.05, 3.63) is 76.0 Å². The molecule has 2 aromatic carbocycles. The van der Waals surface area contributed by atoms with E-state index in [1.807, 2.05) is 6.07 Å². The van der Waals surface area contributed by atoms with Crippen LogP contribution in [0.5, 0.6) is 0 Å². The highest BCUT2D eigenvalue weighted by atomic mass is 16.6. The van der Waals surface area contributed by atoms with Crippen molar-refractivity contribution < 1.29 is 9.72 Å². The summed E-state index contributed by atoms with van der Waals surface area (Å²) < 4.78 is 0. The predicted octanol–water partition coefficient (Wildman–Crippen LogP) is 3.31. The third-order valence-corrected chi connectivity index (χ3v) is 3.17. The molecule has 3 rings (SSSR count). The molecular formula is C15H10N2O3. The van der Waals surface area contributed by atoms with E-state index in [4.69, 9.17) is 0 Å². The summed E-state index contributed by atoms with van der Waals surface area (Å²) in [6.07, 6.45) is 1.52. The first-order chi connectivity index (χ1) is 9.68. The van der Waals surface area contributed by atoms with E-state index in [1.54, 1.807) is 36.4 Å². The van der Waals surface area contributed by atoms with Gasteiger partial charge < -0.3 is 4.98 Å². The lowest BCUT2D eigenvalue weighted by molar-refractivity contribution is -0.383. The molecule has 0 fully saturated rings. The molecule has 0 amide bonds. The normalized spacial score (nSPS) is 10.6. The summed E-state index contributed by atoms with van der Waals surface area (Å²) in [5.74, 6) is -0.155. The number of ketones is 1. The Morgan fingerprint density at radius 2 is 1.80 bits per heavy atom. The fraction of sp³-hybridized carbons (Fsp3) is 0. The number of nitrogens with zero attached hydrogens (tertiary/aromatic N) is 1. The molecule has 1 aromatic heterocycles. The van der Waals surface area contributed by atoms with Crippen molar-refractivity contribution in [2.45, 2.75) is 0 Å². The van der Waals surface area contributed by atoms with Gasteiger partial charge in [-0.05, 0) is 0 Å². The first-order valence-corrected chi connectivity index (χ1v) is 6.02. The number of hydrogen-bond donors (Lipinski definition) is 1. The van der Waals surface area contributed by atoms with Gasteiger partial charge in [0.15, 0.2) is 5.78 Å². The number of H-pyrrole nitrogens is 1. The van der Waals surface area contributed by atoms with Crippen LogP contribution in [0.3, 0.4) is 0 Å². The summed E-state index contributed by atoms with van der Waals surface area (Å²) in [6, 6.07) is 13.5. The van der Waals surface area contributed by atoms with Crippen molar-refractivity contribution in [1.29, 1.82) is 0 Å². The van der Waals surface area contributed by atoms with Gasteiger partial charge in [-0.2, -0.15) is 0 Å². The van der Waals surface area contributed by atoms with Crippen LogP contribution in [-0.2, 0) is 0 Å². The molecule has 20 heavy (non-hydrogen) atoms. The number of fused-ring (bicyclic) bond motifs is 1. The van der Waals surface area contributed by atoms with Crippen LogP contribution in [0.1, 0.15) is 15.9 Å². The molecule has 0 unspecified atom stereocenters. The van der Waals surface area contributed by atoms with Gasteiger partial charge in [0.2, 0.25) is 0 Å². The van der Waals surface area contributed by atoms with Crippen LogP contribution in [0, 0.1) is 10.1 Å². The topological polar surface area (TPSA) is 76.0 Å². The maximum Gasteiger partial charge on any atom is 0.293 e. The highest BCUT2D eigenvalue weighted by Gasteiger charge is 2.19. The van der Waals surface area contributed by atoms with E-state index < -0.39 is 4.92 Å². The molecule has 5 heteroatoms. The van der Waals surface area contributed by atoms with Crippen LogP contribution < -0.4 is 0 Å². The van der Waals surface area contributed by atoms with Gasteiger partial charge in [0.25, 0.3) is 5.69 Å². The standard InChI is InChI=1S/C15H10N2O3/c18-15(10-5-2-1-3-6-10)12-9-16-14-11(12)7-4-8-13(14)17(19)20/h1-9,16H. The van der Waals surface area contributed by atoms with Crippen molar-refractivity contribution in [1.82, 2.24) is 4.98 Å². The number of nitro benzene ring substituents is 1. The van der Waals surface area contributed by atoms with Gasteiger partial charge in [-0.1, -0.05) is 42.5 Å². The van der Waals surface area contributed by atoms with E-state index in [1.165, 1.54) is 12.3 Å². The maximum absolute atomic E-state index is 12.4. The minimum absolute atomic E-state index is 0.0328. The monoisotopic (exact) mass is 266 g/mol. The van der Waals surface area contributed by atoms with Gasteiger partial charge in [0.05, 0.1) is 4.92 Å². The number of benzene rings is 2. The Balaban J connectivity index is 2.17. The summed E-state index contributed by atoms with van der Waals surface area (Å²) in [7, 11) is 0. The molecule has 98 valence electrons. The second kappa shape index (κ2) is 4.62. The zero-order valence-corrected chi connectivity index (χ0v) is 10.4. The highest BCUT2D eigenvalue weighted by Crippen LogP contribution is 2.28. The van der Waals surface area contributed by atoms with Crippen LogP contribution in [0.2, 0.25) is 0 Å². The van der Waals surface area contributed by atoms with Gasteiger partial charge in [-0.25, -0.2) is 0 Å². The molecule has 0 aliphatic carbocycles. The number of nitro groups is 1. The zero-order valence-electron chi connectivity index (χ0n) is 10.4. The number of non-ortho nitro benzene ring substituents is 1. The largest absolute Gasteiger partial charge is 0.355 e. The average molecular weight is 266 g/mol. The van der Waals surface area contributed by atoms with Crippen LogP contribution in [0.15, 0.2) is 54.7 Å². The van der Waals surface area contributed by atoms with E-state index in [9.17, 15) is 14.9 Å². The van der Waals surface area contributed by atoms with Crippen LogP contribution in [0.25, 0.3) is 10.9 Å². The van der Waals surface area contributed by atoms with Crippen molar-refractivity contribution in [2.75, 3.05) is 0 Å². The molecule has 0 saturated heterocycles. The molecule has 3 aromatic rings. The average Bonchev–Trinajstić information content (AvgIpc) is 2.91. The van der Waals surface area contributed by atoms with Gasteiger partial charge in [0.1, 0.15) is 5.52 Å². The fourth-order valence-corrected chi connectivity index (χ4v) is 2.22. The first-order valence-electron chi connectivity index (χ1n) is 6.02. The van der Waals surface area contributed by atoms with E-state index in [0.717, 1.165) is 0 Å². The molecule has 0 aliphatic heterocycles. The Morgan fingerprint density at radius 1 is 1.05 bits per heavy atom. The number of carbonyl (C=O) groups excluding carboxylic acids is 1. The molecule has 0 aliphatic rings. The number of rotatable bonds is 3. The van der Waals surface area contributed by atoms with E-state index in [2.05, 4.69) is 4.98 Å². The second-order valence-electron chi connectivity index (χ2n) is 4.35. The van der Waals surface area contributed by atoms with Gasteiger partial charge in [-0.15, -0.1) is 0 Å². The molecule has 1 heterocycles. The van der Waals surface area contributed by atoms with Crippen LogP contribution >= 0.6 is 0 Å². The van der Waals surface area contributed by atoms with Crippen LogP contribution in [0.4, 0.5) is 5.69 Å². The van der Waals surface area contributed by atoms with Crippen LogP contribution in [-0.4, -0.2) is 15.7 Å². The van der Waals surface area contributed by atoms with Gasteiger partial charge in [-0.3, -0.25) is 14.9 Å². The lowest BCUT2D eigenvalue weighted by atomic mass is 10.0. The first kappa shape index (κ1) is 12.1. The third-order valence-electron chi connectivity index (χ3n) is 3.17. The van der Waals surface area contributed by atoms with E-state index in [0.29, 0.717) is 22.0 Å². The number of carbonyl (C=O) groups is 1. The Morgan fingerprint density at radius 3 is 2.50 bits per heavy atom. The van der Waals surface area contributed by atoms with Gasteiger partial charge in [0, 0.05) is 28.8 Å². The van der Waals surface area contributed by atoms with E-state index >= 15 is 0 Å². The molecule has 5 nitrogen and oxygen atoms in total. The quantitative estimate of drug-likeness (QED) is 0.449. The lowest BCUT2D eigenvalue weighted by Gasteiger charge is -1.99. The second-order valence-corrected chi connectivity index (χ2v) is 4.35. The molecular weight excluding hydrogens is 256 g/mol. The minimum Gasteiger partial charge on any atom is -0.355 e. The highest BCUT2D eigenvalue weighted by molar-refractivity contribution is 6.17. The van der Waals surface area contributed by atoms with Crippen molar-refractivity contribution in [2.24, 2.45) is 0 Å². The fourth-order valence-electron chi connectivity index (χ4n) is 2.22. The Hall–Kier alpha value is -2.95. The number of hydrogen-bond acceptors (Lipinski definition) is 3. The predicted molar refractivity (Wildman–Crippen MR) is 74.8 cm³/mol. The molecule has 0 spiro atoms. The number of nitrogens with one attached hydrogen (secondary N) is 1. The lowest BCUT2D eigenvalue weighted by Crippen LogP contribution is -1.99. The molecule has 0 atom stereocenters. The maximum atomic E-state index is 12.4. The molecule has 0 radical (unpaired) electrons. The zero-order chi connectivity index (χ0) is 14.1.